The van der Waals surface area contributed by atoms with Crippen LogP contribution in [-0.4, -0.2) is 69.5 Å². The molecule has 174 valence electrons. The summed E-state index contributed by atoms with van der Waals surface area (Å²) < 4.78 is 32.2. The first-order valence-corrected chi connectivity index (χ1v) is 12.6. The van der Waals surface area contributed by atoms with Crippen LogP contribution in [0.2, 0.25) is 0 Å². The highest BCUT2D eigenvalue weighted by Crippen LogP contribution is 2.22. The number of aryl methyl sites for hydroxylation is 1. The van der Waals surface area contributed by atoms with Crippen LogP contribution in [0.25, 0.3) is 0 Å². The maximum Gasteiger partial charge on any atom is 0.251 e. The summed E-state index contributed by atoms with van der Waals surface area (Å²) >= 11 is 0. The Kier molecular flexibility index (Phi) is 8.42. The molecule has 3 rings (SSSR count). The minimum Gasteiger partial charge on any atom is -0.379 e. The highest BCUT2D eigenvalue weighted by molar-refractivity contribution is 7.89. The Morgan fingerprint density at radius 2 is 1.62 bits per heavy atom. The third-order valence-electron chi connectivity index (χ3n) is 5.86. The fraction of sp³-hybridized carbons (Fsp3) is 0.458. The number of morpholine rings is 1. The van der Waals surface area contributed by atoms with Crippen LogP contribution in [0.3, 0.4) is 0 Å². The van der Waals surface area contributed by atoms with Gasteiger partial charge in [0.2, 0.25) is 10.0 Å². The lowest BCUT2D eigenvalue weighted by atomic mass is 10.0. The van der Waals surface area contributed by atoms with E-state index in [2.05, 4.69) is 41.4 Å². The second kappa shape index (κ2) is 11.0. The topological polar surface area (TPSA) is 79.0 Å². The van der Waals surface area contributed by atoms with E-state index < -0.39 is 10.0 Å². The van der Waals surface area contributed by atoms with Crippen molar-refractivity contribution in [3.05, 3.63) is 65.2 Å². The summed E-state index contributed by atoms with van der Waals surface area (Å²) in [5, 5.41) is 3.03. The number of carbonyl (C=O) groups excluding carboxylic acids is 1. The van der Waals surface area contributed by atoms with Gasteiger partial charge in [-0.25, -0.2) is 8.42 Å². The quantitative estimate of drug-likeness (QED) is 0.624. The van der Waals surface area contributed by atoms with E-state index >= 15 is 0 Å². The number of sulfonamides is 1. The summed E-state index contributed by atoms with van der Waals surface area (Å²) in [5.41, 5.74) is 2.78. The minimum atomic E-state index is -3.54. The molecule has 1 saturated heterocycles. The van der Waals surface area contributed by atoms with Crippen molar-refractivity contribution >= 4 is 15.9 Å². The van der Waals surface area contributed by atoms with Crippen molar-refractivity contribution in [2.75, 3.05) is 45.9 Å². The number of benzene rings is 2. The van der Waals surface area contributed by atoms with Gasteiger partial charge in [-0.15, -0.1) is 0 Å². The Bertz CT molecular complexity index is 981. The third-order valence-corrected chi connectivity index (χ3v) is 7.93. The van der Waals surface area contributed by atoms with Crippen molar-refractivity contribution in [1.82, 2.24) is 14.5 Å². The molecule has 1 aliphatic heterocycles. The summed E-state index contributed by atoms with van der Waals surface area (Å²) in [6, 6.07) is 14.6. The van der Waals surface area contributed by atoms with E-state index in [0.717, 1.165) is 18.7 Å². The van der Waals surface area contributed by atoms with Crippen LogP contribution in [0.1, 0.15) is 41.4 Å². The number of amides is 1. The van der Waals surface area contributed by atoms with Gasteiger partial charge in [0.25, 0.3) is 5.91 Å². The van der Waals surface area contributed by atoms with Gasteiger partial charge < -0.3 is 10.1 Å². The van der Waals surface area contributed by atoms with Gasteiger partial charge in [0.1, 0.15) is 0 Å². The van der Waals surface area contributed by atoms with E-state index in [0.29, 0.717) is 38.4 Å². The summed E-state index contributed by atoms with van der Waals surface area (Å²) in [7, 11) is -3.54. The Morgan fingerprint density at radius 1 is 1.03 bits per heavy atom. The fourth-order valence-electron chi connectivity index (χ4n) is 3.92. The molecule has 1 amide bonds. The summed E-state index contributed by atoms with van der Waals surface area (Å²) in [5.74, 6) is -0.220. The largest absolute Gasteiger partial charge is 0.379 e. The zero-order valence-electron chi connectivity index (χ0n) is 19.1. The van der Waals surface area contributed by atoms with E-state index in [1.807, 2.05) is 13.8 Å². The van der Waals surface area contributed by atoms with Crippen LogP contribution in [0.15, 0.2) is 53.4 Å². The number of nitrogens with zero attached hydrogens (tertiary/aromatic N) is 2. The van der Waals surface area contributed by atoms with Crippen molar-refractivity contribution in [2.45, 2.75) is 31.7 Å². The number of hydrogen-bond donors (Lipinski definition) is 1. The Balaban J connectivity index is 1.71. The highest BCUT2D eigenvalue weighted by Gasteiger charge is 2.24. The third kappa shape index (κ3) is 5.75. The molecule has 2 aromatic rings. The zero-order chi connectivity index (χ0) is 23.1. The second-order valence-corrected chi connectivity index (χ2v) is 9.84. The molecule has 0 aromatic heterocycles. The lowest BCUT2D eigenvalue weighted by molar-refractivity contribution is 0.0162. The van der Waals surface area contributed by atoms with Crippen molar-refractivity contribution in [2.24, 2.45) is 0 Å². The van der Waals surface area contributed by atoms with Crippen LogP contribution < -0.4 is 5.32 Å². The first kappa shape index (κ1) is 24.4. The van der Waals surface area contributed by atoms with E-state index in [-0.39, 0.29) is 16.8 Å². The van der Waals surface area contributed by atoms with E-state index in [1.54, 1.807) is 12.1 Å². The molecule has 1 heterocycles. The maximum absolute atomic E-state index is 12.8. The van der Waals surface area contributed by atoms with Crippen LogP contribution in [0.5, 0.6) is 0 Å². The molecule has 8 heteroatoms. The molecule has 1 aliphatic rings. The van der Waals surface area contributed by atoms with Gasteiger partial charge >= 0.3 is 0 Å². The summed E-state index contributed by atoms with van der Waals surface area (Å²) in [4.78, 5) is 15.3. The zero-order valence-corrected chi connectivity index (χ0v) is 19.9. The molecule has 0 bridgehead atoms. The normalized spacial score (nSPS) is 16.1. The predicted octanol–water partition coefficient (Wildman–Crippen LogP) is 2.83. The van der Waals surface area contributed by atoms with Crippen LogP contribution >= 0.6 is 0 Å². The Hall–Kier alpha value is -2.26. The SMILES string of the molecule is CCN(CC)S(=O)(=O)c1ccc(C(=O)NCC(c2ccc(C)cc2)N2CCOCC2)cc1. The molecule has 1 fully saturated rings. The first-order chi connectivity index (χ1) is 15.4. The standard InChI is InChI=1S/C24H33N3O4S/c1-4-27(5-2)32(29,30)22-12-10-21(11-13-22)24(28)25-18-23(26-14-16-31-17-15-26)20-8-6-19(3)7-9-20/h6-13,23H,4-5,14-18H2,1-3H3,(H,25,28). The molecule has 0 spiro atoms. The average molecular weight is 460 g/mol. The van der Waals surface area contributed by atoms with Gasteiger partial charge in [-0.1, -0.05) is 43.7 Å². The fourth-order valence-corrected chi connectivity index (χ4v) is 5.38. The lowest BCUT2D eigenvalue weighted by Crippen LogP contribution is -2.43. The van der Waals surface area contributed by atoms with Crippen molar-refractivity contribution in [1.29, 1.82) is 0 Å². The monoisotopic (exact) mass is 459 g/mol. The number of carbonyl (C=O) groups is 1. The Morgan fingerprint density at radius 3 is 2.19 bits per heavy atom. The molecule has 1 atom stereocenters. The molecular weight excluding hydrogens is 426 g/mol. The van der Waals surface area contributed by atoms with E-state index in [4.69, 9.17) is 4.74 Å². The molecule has 0 aliphatic carbocycles. The van der Waals surface area contributed by atoms with Gasteiger partial charge in [0.15, 0.2) is 0 Å². The first-order valence-electron chi connectivity index (χ1n) is 11.1. The van der Waals surface area contributed by atoms with Crippen LogP contribution in [-0.2, 0) is 14.8 Å². The smallest absolute Gasteiger partial charge is 0.251 e. The molecular formula is C24H33N3O4S. The maximum atomic E-state index is 12.8. The van der Waals surface area contributed by atoms with Gasteiger partial charge in [0, 0.05) is 38.3 Å². The van der Waals surface area contributed by atoms with E-state index in [1.165, 1.54) is 22.0 Å². The molecule has 2 aromatic carbocycles. The number of ether oxygens (including phenoxy) is 1. The number of hydrogen-bond acceptors (Lipinski definition) is 5. The highest BCUT2D eigenvalue weighted by atomic mass is 32.2. The number of nitrogens with one attached hydrogen (secondary N) is 1. The van der Waals surface area contributed by atoms with Gasteiger partial charge in [-0.2, -0.15) is 4.31 Å². The van der Waals surface area contributed by atoms with Crippen LogP contribution in [0.4, 0.5) is 0 Å². The van der Waals surface area contributed by atoms with Crippen molar-refractivity contribution in [3.8, 4) is 0 Å². The molecule has 0 radical (unpaired) electrons. The van der Waals surface area contributed by atoms with Crippen molar-refractivity contribution < 1.29 is 17.9 Å². The molecule has 1 N–H and O–H groups in total. The van der Waals surface area contributed by atoms with Crippen LogP contribution in [0, 0.1) is 6.92 Å². The summed E-state index contributed by atoms with van der Waals surface area (Å²) in [6.07, 6.45) is 0. The Labute approximate surface area is 191 Å². The van der Waals surface area contributed by atoms with E-state index in [9.17, 15) is 13.2 Å². The average Bonchev–Trinajstić information content (AvgIpc) is 2.81. The minimum absolute atomic E-state index is 0.0470. The lowest BCUT2D eigenvalue weighted by Gasteiger charge is -2.35. The molecule has 32 heavy (non-hydrogen) atoms. The summed E-state index contributed by atoms with van der Waals surface area (Å²) in [6.45, 7) is 9.92. The molecule has 1 unspecified atom stereocenters. The van der Waals surface area contributed by atoms with Gasteiger partial charge in [0.05, 0.1) is 24.2 Å². The second-order valence-electron chi connectivity index (χ2n) is 7.90. The van der Waals surface area contributed by atoms with Crippen molar-refractivity contribution in [3.63, 3.8) is 0 Å². The predicted molar refractivity (Wildman–Crippen MR) is 125 cm³/mol. The number of rotatable bonds is 9. The van der Waals surface area contributed by atoms with Gasteiger partial charge in [-0.05, 0) is 36.8 Å². The molecule has 7 nitrogen and oxygen atoms in total. The molecule has 0 saturated carbocycles. The van der Waals surface area contributed by atoms with Gasteiger partial charge in [-0.3, -0.25) is 9.69 Å².